The molecule has 0 spiro atoms. The fourth-order valence-corrected chi connectivity index (χ4v) is 1.49. The van der Waals surface area contributed by atoms with Gasteiger partial charge in [0.1, 0.15) is 12.4 Å². The molecule has 19 heavy (non-hydrogen) atoms. The number of rotatable bonds is 8. The van der Waals surface area contributed by atoms with E-state index in [1.54, 1.807) is 12.3 Å². The zero-order chi connectivity index (χ0) is 14.3. The van der Waals surface area contributed by atoms with E-state index in [1.807, 2.05) is 13.8 Å². The summed E-state index contributed by atoms with van der Waals surface area (Å²) in [5.74, 6) is 0.569. The maximum atomic E-state index is 11.8. The van der Waals surface area contributed by atoms with Crippen molar-refractivity contribution in [3.05, 3.63) is 24.0 Å². The Balaban J connectivity index is 2.45. The van der Waals surface area contributed by atoms with Crippen LogP contribution >= 0.6 is 0 Å². The zero-order valence-corrected chi connectivity index (χ0v) is 11.1. The highest BCUT2D eigenvalue weighted by Crippen LogP contribution is 2.21. The summed E-state index contributed by atoms with van der Waals surface area (Å²) in [7, 11) is 0. The predicted molar refractivity (Wildman–Crippen MR) is 66.4 cm³/mol. The molecule has 1 aromatic heterocycles. The molecule has 4 nitrogen and oxygen atoms in total. The number of pyridine rings is 1. The van der Waals surface area contributed by atoms with E-state index in [9.17, 15) is 13.9 Å². The molecule has 6 heteroatoms. The highest BCUT2D eigenvalue weighted by molar-refractivity contribution is 5.25. The van der Waals surface area contributed by atoms with E-state index >= 15 is 0 Å². The van der Waals surface area contributed by atoms with Crippen molar-refractivity contribution in [3.63, 3.8) is 0 Å². The number of aliphatic hydroxyl groups is 1. The first-order valence-electron chi connectivity index (χ1n) is 6.14. The molecular weight excluding hydrogens is 256 g/mol. The van der Waals surface area contributed by atoms with Gasteiger partial charge in [-0.15, -0.1) is 0 Å². The number of nitrogens with zero attached hydrogens (tertiary/aromatic N) is 1. The third kappa shape index (κ3) is 6.45. The molecule has 0 aliphatic carbocycles. The second-order valence-electron chi connectivity index (χ2n) is 4.39. The molecule has 0 saturated carbocycles. The molecule has 1 aromatic rings. The van der Waals surface area contributed by atoms with Gasteiger partial charge in [-0.3, -0.25) is 4.98 Å². The molecule has 108 valence electrons. The number of hydrogen-bond acceptors (Lipinski definition) is 4. The normalized spacial score (nSPS) is 13.0. The summed E-state index contributed by atoms with van der Waals surface area (Å²) in [6.07, 6.45) is 0.0413. The lowest BCUT2D eigenvalue weighted by molar-refractivity contribution is 0.00475. The molecule has 0 fully saturated rings. The van der Waals surface area contributed by atoms with Crippen molar-refractivity contribution in [1.29, 1.82) is 0 Å². The minimum Gasteiger partial charge on any atom is -0.489 e. The average Bonchev–Trinajstić information content (AvgIpc) is 2.33. The van der Waals surface area contributed by atoms with E-state index in [0.717, 1.165) is 0 Å². The molecule has 1 unspecified atom stereocenters. The van der Waals surface area contributed by atoms with Crippen LogP contribution in [0, 0.1) is 0 Å². The first kappa shape index (κ1) is 15.8. The first-order chi connectivity index (χ1) is 8.99. The summed E-state index contributed by atoms with van der Waals surface area (Å²) in [6, 6.07) is 1.69. The monoisotopic (exact) mass is 275 g/mol. The van der Waals surface area contributed by atoms with E-state index in [4.69, 9.17) is 9.47 Å². The Morgan fingerprint density at radius 2 is 2.05 bits per heavy atom. The molecule has 1 heterocycles. The molecule has 0 amide bonds. The van der Waals surface area contributed by atoms with Crippen LogP contribution in [0.1, 0.15) is 31.9 Å². The minimum absolute atomic E-state index is 0.0172. The van der Waals surface area contributed by atoms with Crippen LogP contribution < -0.4 is 4.74 Å². The van der Waals surface area contributed by atoms with E-state index < -0.39 is 19.1 Å². The van der Waals surface area contributed by atoms with Gasteiger partial charge in [-0.25, -0.2) is 8.78 Å². The van der Waals surface area contributed by atoms with Gasteiger partial charge in [0.25, 0.3) is 6.43 Å². The van der Waals surface area contributed by atoms with Crippen LogP contribution in [-0.2, 0) is 4.74 Å². The summed E-state index contributed by atoms with van der Waals surface area (Å²) >= 11 is 0. The zero-order valence-electron chi connectivity index (χ0n) is 11.1. The van der Waals surface area contributed by atoms with Crippen LogP contribution in [0.3, 0.4) is 0 Å². The molecule has 0 bridgehead atoms. The SMILES string of the molecule is CC(C)Oc1cncc(C(O)CCOCC(F)F)c1. The Hall–Kier alpha value is -1.27. The molecule has 0 aromatic carbocycles. The van der Waals surface area contributed by atoms with Gasteiger partial charge in [0.2, 0.25) is 0 Å². The quantitative estimate of drug-likeness (QED) is 0.741. The van der Waals surface area contributed by atoms with E-state index in [1.165, 1.54) is 6.20 Å². The van der Waals surface area contributed by atoms with Crippen molar-refractivity contribution in [1.82, 2.24) is 4.98 Å². The summed E-state index contributed by atoms with van der Waals surface area (Å²) in [5.41, 5.74) is 0.582. The Bertz CT molecular complexity index is 375. The van der Waals surface area contributed by atoms with Crippen LogP contribution in [0.2, 0.25) is 0 Å². The second kappa shape index (κ2) is 8.01. The molecule has 0 aliphatic rings. The van der Waals surface area contributed by atoms with Gasteiger partial charge in [0.15, 0.2) is 0 Å². The first-order valence-corrected chi connectivity index (χ1v) is 6.14. The van der Waals surface area contributed by atoms with E-state index in [-0.39, 0.29) is 19.1 Å². The van der Waals surface area contributed by atoms with Gasteiger partial charge in [-0.1, -0.05) is 0 Å². The number of alkyl halides is 2. The van der Waals surface area contributed by atoms with Crippen LogP contribution in [0.5, 0.6) is 5.75 Å². The number of aliphatic hydroxyl groups excluding tert-OH is 1. The van der Waals surface area contributed by atoms with Crippen molar-refractivity contribution in [2.24, 2.45) is 0 Å². The van der Waals surface area contributed by atoms with Crippen molar-refractivity contribution in [2.75, 3.05) is 13.2 Å². The molecular formula is C13H19F2NO3. The molecule has 0 saturated heterocycles. The molecule has 0 radical (unpaired) electrons. The van der Waals surface area contributed by atoms with E-state index in [2.05, 4.69) is 4.98 Å². The molecule has 1 N–H and O–H groups in total. The number of ether oxygens (including phenoxy) is 2. The predicted octanol–water partition coefficient (Wildman–Crippen LogP) is 2.57. The maximum absolute atomic E-state index is 11.8. The van der Waals surface area contributed by atoms with Crippen LogP contribution in [0.25, 0.3) is 0 Å². The van der Waals surface area contributed by atoms with Crippen LogP contribution in [-0.4, -0.2) is 35.8 Å². The molecule has 0 aliphatic heterocycles. The highest BCUT2D eigenvalue weighted by Gasteiger charge is 2.10. The van der Waals surface area contributed by atoms with Gasteiger partial charge in [-0.05, 0) is 19.9 Å². The van der Waals surface area contributed by atoms with Gasteiger partial charge >= 0.3 is 0 Å². The van der Waals surface area contributed by atoms with Crippen molar-refractivity contribution < 1.29 is 23.4 Å². The Morgan fingerprint density at radius 1 is 1.32 bits per heavy atom. The lowest BCUT2D eigenvalue weighted by Gasteiger charge is -2.14. The third-order valence-electron chi connectivity index (χ3n) is 2.27. The summed E-state index contributed by atoms with van der Waals surface area (Å²) in [6.45, 7) is 3.24. The molecule has 1 atom stereocenters. The topological polar surface area (TPSA) is 51.6 Å². The number of halogens is 2. The fraction of sp³-hybridized carbons (Fsp3) is 0.615. The fourth-order valence-electron chi connectivity index (χ4n) is 1.49. The van der Waals surface area contributed by atoms with Crippen molar-refractivity contribution in [2.45, 2.75) is 38.9 Å². The standard InChI is InChI=1S/C13H19F2NO3/c1-9(2)19-11-5-10(6-16-7-11)12(17)3-4-18-8-13(14)15/h5-7,9,12-13,17H,3-4,8H2,1-2H3. The summed E-state index contributed by atoms with van der Waals surface area (Å²) in [5, 5.41) is 9.88. The van der Waals surface area contributed by atoms with Gasteiger partial charge < -0.3 is 14.6 Å². The maximum Gasteiger partial charge on any atom is 0.261 e. The third-order valence-corrected chi connectivity index (χ3v) is 2.27. The average molecular weight is 275 g/mol. The molecule has 1 rings (SSSR count). The van der Waals surface area contributed by atoms with Crippen molar-refractivity contribution >= 4 is 0 Å². The Kier molecular flexibility index (Phi) is 6.66. The van der Waals surface area contributed by atoms with Crippen LogP contribution in [0.15, 0.2) is 18.5 Å². The lowest BCUT2D eigenvalue weighted by Crippen LogP contribution is -2.09. The second-order valence-corrected chi connectivity index (χ2v) is 4.39. The van der Waals surface area contributed by atoms with Crippen molar-refractivity contribution in [3.8, 4) is 5.75 Å². The van der Waals surface area contributed by atoms with Crippen LogP contribution in [0.4, 0.5) is 8.78 Å². The number of hydrogen-bond donors (Lipinski definition) is 1. The highest BCUT2D eigenvalue weighted by atomic mass is 19.3. The minimum atomic E-state index is -2.48. The van der Waals surface area contributed by atoms with Gasteiger partial charge in [0.05, 0.1) is 18.4 Å². The van der Waals surface area contributed by atoms with Gasteiger partial charge in [0, 0.05) is 24.8 Å². The summed E-state index contributed by atoms with van der Waals surface area (Å²) in [4.78, 5) is 3.97. The van der Waals surface area contributed by atoms with Gasteiger partial charge in [-0.2, -0.15) is 0 Å². The lowest BCUT2D eigenvalue weighted by atomic mass is 10.1. The summed E-state index contributed by atoms with van der Waals surface area (Å²) < 4.78 is 33.9. The number of aromatic nitrogens is 1. The largest absolute Gasteiger partial charge is 0.489 e. The Morgan fingerprint density at radius 3 is 2.68 bits per heavy atom. The van der Waals surface area contributed by atoms with E-state index in [0.29, 0.717) is 11.3 Å². The smallest absolute Gasteiger partial charge is 0.261 e. The Labute approximate surface area is 111 Å².